The topological polar surface area (TPSA) is 84.5 Å². The third kappa shape index (κ3) is 4.11. The van der Waals surface area contributed by atoms with Crippen LogP contribution in [-0.2, 0) is 9.47 Å². The smallest absolute Gasteiger partial charge is 0.340 e. The van der Waals surface area contributed by atoms with E-state index >= 15 is 0 Å². The van der Waals surface area contributed by atoms with Gasteiger partial charge >= 0.3 is 5.97 Å². The highest BCUT2D eigenvalue weighted by molar-refractivity contribution is 6.00. The van der Waals surface area contributed by atoms with Crippen molar-refractivity contribution in [3.63, 3.8) is 0 Å². The number of H-pyrrole nitrogens is 1. The molecule has 1 N–H and O–H groups in total. The predicted molar refractivity (Wildman–Crippen MR) is 97.2 cm³/mol. The Bertz CT molecular complexity index is 771. The highest BCUT2D eigenvalue weighted by Crippen LogP contribution is 2.24. The Morgan fingerprint density at radius 1 is 1.23 bits per heavy atom. The highest BCUT2D eigenvalue weighted by Gasteiger charge is 2.27. The Labute approximate surface area is 153 Å². The van der Waals surface area contributed by atoms with Gasteiger partial charge in [-0.3, -0.25) is 9.78 Å². The number of hydrogen-bond donors (Lipinski definition) is 1. The molecule has 0 aliphatic carbocycles. The maximum atomic E-state index is 12.9. The van der Waals surface area contributed by atoms with Crippen molar-refractivity contribution in [1.29, 1.82) is 0 Å². The van der Waals surface area contributed by atoms with Crippen molar-refractivity contribution >= 4 is 11.9 Å². The fraction of sp³-hybridized carbons (Fsp3) is 0.421. The first-order chi connectivity index (χ1) is 12.4. The van der Waals surface area contributed by atoms with Gasteiger partial charge in [-0.25, -0.2) is 4.79 Å². The summed E-state index contributed by atoms with van der Waals surface area (Å²) in [6.07, 6.45) is 3.39. The van der Waals surface area contributed by atoms with E-state index in [0.717, 1.165) is 5.56 Å². The van der Waals surface area contributed by atoms with Gasteiger partial charge in [0.05, 0.1) is 18.2 Å². The van der Waals surface area contributed by atoms with Crippen LogP contribution in [0, 0.1) is 13.8 Å². The average molecular weight is 359 g/mol. The largest absolute Gasteiger partial charge is 0.460 e. The Kier molecular flexibility index (Phi) is 6.52. The average Bonchev–Trinajstić information content (AvgIpc) is 2.95. The molecule has 140 valence electrons. The minimum Gasteiger partial charge on any atom is -0.460 e. The van der Waals surface area contributed by atoms with Gasteiger partial charge in [-0.2, -0.15) is 0 Å². The van der Waals surface area contributed by atoms with Gasteiger partial charge in [0.25, 0.3) is 5.91 Å². The van der Waals surface area contributed by atoms with Crippen molar-refractivity contribution in [3.05, 3.63) is 52.6 Å². The van der Waals surface area contributed by atoms with Crippen molar-refractivity contribution in [3.8, 4) is 0 Å². The zero-order valence-corrected chi connectivity index (χ0v) is 15.8. The van der Waals surface area contributed by atoms with E-state index < -0.39 is 5.97 Å². The van der Waals surface area contributed by atoms with Crippen LogP contribution >= 0.6 is 0 Å². The van der Waals surface area contributed by atoms with E-state index in [0.29, 0.717) is 29.1 Å². The van der Waals surface area contributed by atoms with Crippen LogP contribution in [0.3, 0.4) is 0 Å². The van der Waals surface area contributed by atoms with E-state index in [1.807, 2.05) is 19.1 Å². The summed E-state index contributed by atoms with van der Waals surface area (Å²) in [5.41, 5.74) is 2.97. The second-order valence-corrected chi connectivity index (χ2v) is 6.13. The molecule has 0 fully saturated rings. The van der Waals surface area contributed by atoms with Crippen molar-refractivity contribution < 1.29 is 19.1 Å². The lowest BCUT2D eigenvalue weighted by molar-refractivity contribution is 0.0387. The first-order valence-corrected chi connectivity index (χ1v) is 8.40. The molecular formula is C19H25N3O4. The molecule has 7 nitrogen and oxygen atoms in total. The number of nitrogens with one attached hydrogen (secondary N) is 1. The number of aryl methyl sites for hydroxylation is 1. The number of rotatable bonds is 7. The fourth-order valence-electron chi connectivity index (χ4n) is 2.78. The number of amides is 1. The summed E-state index contributed by atoms with van der Waals surface area (Å²) in [6.45, 7) is 5.93. The third-order valence-electron chi connectivity index (χ3n) is 4.47. The summed E-state index contributed by atoms with van der Waals surface area (Å²) < 4.78 is 10.1. The van der Waals surface area contributed by atoms with Crippen LogP contribution < -0.4 is 0 Å². The van der Waals surface area contributed by atoms with Crippen LogP contribution in [0.2, 0.25) is 0 Å². The predicted octanol–water partition coefficient (Wildman–Crippen LogP) is 2.66. The standard InChI is InChI=1S/C19H25N3O4/c1-12-16(19(24)26-11-10-25-5)13(2)21-17(12)18(23)22(4)14(3)15-6-8-20-9-7-15/h6-9,14,21H,10-11H2,1-5H3. The summed E-state index contributed by atoms with van der Waals surface area (Å²) in [5.74, 6) is -0.650. The lowest BCUT2D eigenvalue weighted by Gasteiger charge is -2.25. The van der Waals surface area contributed by atoms with Gasteiger partial charge in [0.2, 0.25) is 0 Å². The van der Waals surface area contributed by atoms with Crippen LogP contribution in [0.25, 0.3) is 0 Å². The van der Waals surface area contributed by atoms with Gasteiger partial charge in [0.15, 0.2) is 0 Å². The van der Waals surface area contributed by atoms with E-state index in [1.165, 1.54) is 7.11 Å². The molecule has 2 rings (SSSR count). The van der Waals surface area contributed by atoms with E-state index in [4.69, 9.17) is 9.47 Å². The lowest BCUT2D eigenvalue weighted by atomic mass is 10.1. The molecule has 0 aliphatic rings. The molecule has 0 radical (unpaired) electrons. The molecule has 0 saturated heterocycles. The number of nitrogens with zero attached hydrogens (tertiary/aromatic N) is 2. The van der Waals surface area contributed by atoms with Crippen LogP contribution in [0.5, 0.6) is 0 Å². The normalized spacial score (nSPS) is 11.9. The summed E-state index contributed by atoms with van der Waals surface area (Å²) in [7, 11) is 3.27. The molecule has 0 saturated carbocycles. The van der Waals surface area contributed by atoms with Gasteiger partial charge < -0.3 is 19.4 Å². The number of ether oxygens (including phenoxy) is 2. The Balaban J connectivity index is 2.21. The van der Waals surface area contributed by atoms with Gasteiger partial charge in [-0.1, -0.05) is 0 Å². The summed E-state index contributed by atoms with van der Waals surface area (Å²) in [6, 6.07) is 3.62. The Hall–Kier alpha value is -2.67. The third-order valence-corrected chi connectivity index (χ3v) is 4.47. The molecule has 0 aromatic carbocycles. The van der Waals surface area contributed by atoms with E-state index in [1.54, 1.807) is 38.2 Å². The molecule has 26 heavy (non-hydrogen) atoms. The van der Waals surface area contributed by atoms with Gasteiger partial charge in [-0.05, 0) is 44.0 Å². The van der Waals surface area contributed by atoms with E-state index in [9.17, 15) is 9.59 Å². The van der Waals surface area contributed by atoms with Gasteiger partial charge in [0.1, 0.15) is 12.3 Å². The van der Waals surface area contributed by atoms with Crippen molar-refractivity contribution in [2.75, 3.05) is 27.4 Å². The second-order valence-electron chi connectivity index (χ2n) is 6.13. The van der Waals surface area contributed by atoms with Crippen LogP contribution in [0.15, 0.2) is 24.5 Å². The number of aromatic nitrogens is 2. The van der Waals surface area contributed by atoms with Crippen molar-refractivity contribution in [1.82, 2.24) is 14.9 Å². The molecule has 1 unspecified atom stereocenters. The number of hydrogen-bond acceptors (Lipinski definition) is 5. The summed E-state index contributed by atoms with van der Waals surface area (Å²) in [4.78, 5) is 33.9. The number of aromatic amines is 1. The molecule has 0 spiro atoms. The molecule has 0 bridgehead atoms. The monoisotopic (exact) mass is 359 g/mol. The molecular weight excluding hydrogens is 334 g/mol. The van der Waals surface area contributed by atoms with Gasteiger partial charge in [-0.15, -0.1) is 0 Å². The minimum absolute atomic E-state index is 0.134. The number of esters is 1. The quantitative estimate of drug-likeness (QED) is 0.607. The number of pyridine rings is 1. The van der Waals surface area contributed by atoms with Crippen molar-refractivity contribution in [2.45, 2.75) is 26.8 Å². The SMILES string of the molecule is COCCOC(=O)c1c(C)[nH]c(C(=O)N(C)C(C)c2ccncc2)c1C. The molecule has 2 aromatic rings. The maximum absolute atomic E-state index is 12.9. The Morgan fingerprint density at radius 3 is 2.50 bits per heavy atom. The van der Waals surface area contributed by atoms with Crippen LogP contribution in [-0.4, -0.2) is 54.1 Å². The minimum atomic E-state index is -0.461. The second kappa shape index (κ2) is 8.62. The highest BCUT2D eigenvalue weighted by atomic mass is 16.6. The summed E-state index contributed by atoms with van der Waals surface area (Å²) in [5, 5.41) is 0. The first kappa shape index (κ1) is 19.7. The maximum Gasteiger partial charge on any atom is 0.340 e. The van der Waals surface area contributed by atoms with E-state index in [-0.39, 0.29) is 18.6 Å². The van der Waals surface area contributed by atoms with E-state index in [2.05, 4.69) is 9.97 Å². The molecule has 0 aliphatic heterocycles. The van der Waals surface area contributed by atoms with Gasteiger partial charge in [0, 0.05) is 32.2 Å². The fourth-order valence-corrected chi connectivity index (χ4v) is 2.78. The number of carbonyl (C=O) groups excluding carboxylic acids is 2. The zero-order valence-electron chi connectivity index (χ0n) is 15.8. The first-order valence-electron chi connectivity index (χ1n) is 8.40. The summed E-state index contributed by atoms with van der Waals surface area (Å²) >= 11 is 0. The van der Waals surface area contributed by atoms with Crippen molar-refractivity contribution in [2.24, 2.45) is 0 Å². The molecule has 1 atom stereocenters. The van der Waals surface area contributed by atoms with Crippen LogP contribution in [0.1, 0.15) is 50.6 Å². The zero-order chi connectivity index (χ0) is 19.3. The Morgan fingerprint density at radius 2 is 1.88 bits per heavy atom. The van der Waals surface area contributed by atoms with Crippen LogP contribution in [0.4, 0.5) is 0 Å². The molecule has 2 heterocycles. The number of carbonyl (C=O) groups is 2. The molecule has 7 heteroatoms. The molecule has 2 aromatic heterocycles. The lowest BCUT2D eigenvalue weighted by Crippen LogP contribution is -2.30. The number of methoxy groups -OCH3 is 1. The molecule has 1 amide bonds.